The van der Waals surface area contributed by atoms with Crippen molar-refractivity contribution in [2.24, 2.45) is 5.92 Å². The first-order valence-electron chi connectivity index (χ1n) is 11.6. The van der Waals surface area contributed by atoms with E-state index in [1.165, 1.54) is 24.2 Å². The Morgan fingerprint density at radius 2 is 2.09 bits per heavy atom. The maximum absolute atomic E-state index is 13.1. The van der Waals surface area contributed by atoms with Gasteiger partial charge in [-0.3, -0.25) is 14.5 Å². The molecule has 2 amide bonds. The van der Waals surface area contributed by atoms with Crippen LogP contribution in [0, 0.1) is 5.92 Å². The van der Waals surface area contributed by atoms with E-state index in [2.05, 4.69) is 15.6 Å². The van der Waals surface area contributed by atoms with E-state index < -0.39 is 6.04 Å². The van der Waals surface area contributed by atoms with Crippen LogP contribution in [-0.2, 0) is 9.59 Å². The molecule has 0 spiro atoms. The van der Waals surface area contributed by atoms with E-state index in [0.29, 0.717) is 28.9 Å². The second kappa shape index (κ2) is 10.7. The number of nitrogens with one attached hydrogen (secondary N) is 2. The topological polar surface area (TPSA) is 83.6 Å². The zero-order valence-corrected chi connectivity index (χ0v) is 20.6. The predicted octanol–water partition coefficient (Wildman–Crippen LogP) is 5.17. The summed E-state index contributed by atoms with van der Waals surface area (Å²) < 4.78 is 5.33. The summed E-state index contributed by atoms with van der Waals surface area (Å²) in [4.78, 5) is 32.2. The summed E-state index contributed by atoms with van der Waals surface area (Å²) in [6.07, 6.45) is 9.78. The number of thiophene rings is 1. The molecule has 33 heavy (non-hydrogen) atoms. The third-order valence-corrected chi connectivity index (χ3v) is 7.87. The van der Waals surface area contributed by atoms with E-state index in [-0.39, 0.29) is 18.0 Å². The van der Waals surface area contributed by atoms with Gasteiger partial charge in [-0.05, 0) is 50.3 Å². The Morgan fingerprint density at radius 1 is 1.33 bits per heavy atom. The van der Waals surface area contributed by atoms with Crippen molar-refractivity contribution < 1.29 is 14.3 Å². The fourth-order valence-electron chi connectivity index (χ4n) is 4.42. The van der Waals surface area contributed by atoms with Crippen LogP contribution in [0.5, 0.6) is 5.88 Å². The minimum absolute atomic E-state index is 0.0349. The van der Waals surface area contributed by atoms with Crippen LogP contribution in [0.15, 0.2) is 24.4 Å². The number of hydrogen-bond acceptors (Lipinski definition) is 6. The molecule has 0 saturated heterocycles. The van der Waals surface area contributed by atoms with E-state index in [1.807, 2.05) is 19.1 Å². The highest BCUT2D eigenvalue weighted by molar-refractivity contribution is 7.16. The lowest BCUT2D eigenvalue weighted by atomic mass is 9.97. The van der Waals surface area contributed by atoms with Gasteiger partial charge in [-0.2, -0.15) is 0 Å². The highest BCUT2D eigenvalue weighted by atomic mass is 35.5. The van der Waals surface area contributed by atoms with Crippen molar-refractivity contribution in [3.8, 4) is 5.88 Å². The average Bonchev–Trinajstić information content (AvgIpc) is 3.25. The summed E-state index contributed by atoms with van der Waals surface area (Å²) in [7, 11) is 1.56. The van der Waals surface area contributed by atoms with Crippen LogP contribution in [0.2, 0.25) is 5.02 Å². The molecular weight excluding hydrogens is 460 g/mol. The first-order chi connectivity index (χ1) is 16.0. The minimum atomic E-state index is -0.474. The predicted molar refractivity (Wildman–Crippen MR) is 132 cm³/mol. The normalized spacial score (nSPS) is 17.9. The highest BCUT2D eigenvalue weighted by Crippen LogP contribution is 2.37. The largest absolute Gasteiger partial charge is 0.480 e. The molecule has 2 aromatic rings. The number of carbonyl (C=O) groups is 2. The molecule has 2 aliphatic rings. The fraction of sp³-hybridized carbons (Fsp3) is 0.542. The number of rotatable bonds is 11. The van der Waals surface area contributed by atoms with E-state index in [1.54, 1.807) is 24.3 Å². The second-order valence-corrected chi connectivity index (χ2v) is 10.5. The summed E-state index contributed by atoms with van der Waals surface area (Å²) in [6, 6.07) is 5.41. The quantitative estimate of drug-likeness (QED) is 0.424. The molecule has 2 saturated carbocycles. The third kappa shape index (κ3) is 5.98. The molecule has 2 heterocycles. The maximum Gasteiger partial charge on any atom is 0.243 e. The van der Waals surface area contributed by atoms with Crippen molar-refractivity contribution in [2.45, 2.75) is 70.0 Å². The van der Waals surface area contributed by atoms with Gasteiger partial charge in [0.1, 0.15) is 6.04 Å². The summed E-state index contributed by atoms with van der Waals surface area (Å²) in [5.74, 6) is 0.920. The standard InChI is InChI=1S/C24H31ClN4O3S/c1-15(27-19-12-17(25)13-26-24(19)32-2)21-9-10-22(33-21)29(14-30)20(11-16-5-3-4-6-16)23(31)28-18-7-8-18/h9-10,12-16,18,20,27H,3-8,11H2,1-2H3,(H,28,31)/t15-,20+/m1/s1. The molecule has 7 nitrogen and oxygen atoms in total. The Balaban J connectivity index is 1.51. The zero-order chi connectivity index (χ0) is 23.4. The molecule has 2 atom stereocenters. The molecule has 178 valence electrons. The van der Waals surface area contributed by atoms with E-state index >= 15 is 0 Å². The number of pyridine rings is 1. The van der Waals surface area contributed by atoms with Crippen LogP contribution < -0.4 is 20.3 Å². The first kappa shape index (κ1) is 23.8. The molecule has 2 aromatic heterocycles. The Morgan fingerprint density at radius 3 is 2.76 bits per heavy atom. The monoisotopic (exact) mass is 490 g/mol. The smallest absolute Gasteiger partial charge is 0.243 e. The molecule has 2 N–H and O–H groups in total. The van der Waals surface area contributed by atoms with Gasteiger partial charge in [0.05, 0.1) is 28.9 Å². The summed E-state index contributed by atoms with van der Waals surface area (Å²) in [5.41, 5.74) is 0.697. The molecule has 0 bridgehead atoms. The number of ether oxygens (including phenoxy) is 1. The molecule has 0 radical (unpaired) electrons. The Kier molecular flexibility index (Phi) is 7.75. The Labute approximate surface area is 203 Å². The van der Waals surface area contributed by atoms with Gasteiger partial charge in [0.2, 0.25) is 18.2 Å². The van der Waals surface area contributed by atoms with Crippen LogP contribution in [-0.4, -0.2) is 36.5 Å². The first-order valence-corrected chi connectivity index (χ1v) is 12.8. The Bertz CT molecular complexity index is 974. The number of aromatic nitrogens is 1. The third-order valence-electron chi connectivity index (χ3n) is 6.38. The van der Waals surface area contributed by atoms with Gasteiger partial charge in [-0.1, -0.05) is 37.3 Å². The SMILES string of the molecule is COc1ncc(Cl)cc1N[C@H](C)c1ccc(N(C=O)[C@@H](CC2CCCC2)C(=O)NC2CC2)s1. The summed E-state index contributed by atoms with van der Waals surface area (Å²) >= 11 is 7.61. The van der Waals surface area contributed by atoms with Gasteiger partial charge in [0.25, 0.3) is 0 Å². The molecule has 2 fully saturated rings. The molecule has 0 unspecified atom stereocenters. The van der Waals surface area contributed by atoms with Gasteiger partial charge in [-0.25, -0.2) is 4.98 Å². The molecule has 0 aromatic carbocycles. The van der Waals surface area contributed by atoms with Gasteiger partial charge in [0, 0.05) is 17.1 Å². The highest BCUT2D eigenvalue weighted by Gasteiger charge is 2.34. The summed E-state index contributed by atoms with van der Waals surface area (Å²) in [6.45, 7) is 2.02. The van der Waals surface area contributed by atoms with Gasteiger partial charge in [0.15, 0.2) is 0 Å². The van der Waals surface area contributed by atoms with Crippen LogP contribution >= 0.6 is 22.9 Å². The lowest BCUT2D eigenvalue weighted by molar-refractivity contribution is -0.124. The lowest BCUT2D eigenvalue weighted by Crippen LogP contribution is -2.48. The minimum Gasteiger partial charge on any atom is -0.480 e. The second-order valence-electron chi connectivity index (χ2n) is 8.95. The molecule has 4 rings (SSSR count). The number of amides is 2. The molecule has 9 heteroatoms. The van der Waals surface area contributed by atoms with Crippen LogP contribution in [0.4, 0.5) is 10.7 Å². The number of halogens is 1. The van der Waals surface area contributed by atoms with Gasteiger partial charge in [-0.15, -0.1) is 11.3 Å². The van der Waals surface area contributed by atoms with E-state index in [4.69, 9.17) is 16.3 Å². The van der Waals surface area contributed by atoms with Crippen molar-refractivity contribution in [3.63, 3.8) is 0 Å². The maximum atomic E-state index is 13.1. The lowest BCUT2D eigenvalue weighted by Gasteiger charge is -2.28. The van der Waals surface area contributed by atoms with Crippen molar-refractivity contribution in [1.29, 1.82) is 0 Å². The van der Waals surface area contributed by atoms with Crippen molar-refractivity contribution in [2.75, 3.05) is 17.3 Å². The van der Waals surface area contributed by atoms with Gasteiger partial charge < -0.3 is 15.4 Å². The molecule has 2 aliphatic carbocycles. The van der Waals surface area contributed by atoms with Crippen LogP contribution in [0.3, 0.4) is 0 Å². The number of hydrogen-bond donors (Lipinski definition) is 2. The molecular formula is C24H31ClN4O3S. The average molecular weight is 491 g/mol. The number of nitrogens with zero attached hydrogens (tertiary/aromatic N) is 2. The van der Waals surface area contributed by atoms with Crippen LogP contribution in [0.25, 0.3) is 0 Å². The van der Waals surface area contributed by atoms with E-state index in [0.717, 1.165) is 42.0 Å². The van der Waals surface area contributed by atoms with Crippen molar-refractivity contribution in [1.82, 2.24) is 10.3 Å². The van der Waals surface area contributed by atoms with E-state index in [9.17, 15) is 9.59 Å². The molecule has 0 aliphatic heterocycles. The number of anilines is 2. The number of methoxy groups -OCH3 is 1. The van der Waals surface area contributed by atoms with Crippen molar-refractivity contribution in [3.05, 3.63) is 34.3 Å². The zero-order valence-electron chi connectivity index (χ0n) is 19.1. The fourth-order valence-corrected chi connectivity index (χ4v) is 5.61. The van der Waals surface area contributed by atoms with Crippen LogP contribution in [0.1, 0.15) is 62.8 Å². The Hall–Kier alpha value is -2.32. The van der Waals surface area contributed by atoms with Gasteiger partial charge >= 0.3 is 0 Å². The number of carbonyl (C=O) groups excluding carboxylic acids is 2. The van der Waals surface area contributed by atoms with Crippen molar-refractivity contribution >= 4 is 45.9 Å². The summed E-state index contributed by atoms with van der Waals surface area (Å²) in [5, 5.41) is 7.79.